The van der Waals surface area contributed by atoms with Crippen LogP contribution in [0.5, 0.6) is 0 Å². The number of rotatable bonds is 3. The monoisotopic (exact) mass is 183 g/mol. The summed E-state index contributed by atoms with van der Waals surface area (Å²) in [4.78, 5) is 0. The van der Waals surface area contributed by atoms with Crippen molar-refractivity contribution < 1.29 is 8.76 Å². The van der Waals surface area contributed by atoms with Crippen LogP contribution in [0.1, 0.15) is 24.2 Å². The fraction of sp³-hybridized carbons (Fsp3) is 0.333. The van der Waals surface area contributed by atoms with Gasteiger partial charge in [-0.2, -0.15) is 0 Å². The Bertz CT molecular complexity index is 258. The maximum absolute atomic E-state index is 10.7. The van der Waals surface area contributed by atoms with Gasteiger partial charge in [-0.3, -0.25) is 4.21 Å². The van der Waals surface area contributed by atoms with Crippen LogP contribution >= 0.6 is 0 Å². The van der Waals surface area contributed by atoms with E-state index in [1.165, 1.54) is 0 Å². The molecule has 0 heterocycles. The van der Waals surface area contributed by atoms with Crippen molar-refractivity contribution in [3.05, 3.63) is 35.9 Å². The highest BCUT2D eigenvalue weighted by atomic mass is 32.2. The van der Waals surface area contributed by atoms with Gasteiger partial charge in [0.05, 0.1) is 0 Å². The first-order valence-corrected chi connectivity index (χ1v) is 5.02. The van der Waals surface area contributed by atoms with Gasteiger partial charge in [0.1, 0.15) is 0 Å². The molecule has 12 heavy (non-hydrogen) atoms. The molecule has 1 rings (SSSR count). The van der Waals surface area contributed by atoms with Crippen LogP contribution in [0.4, 0.5) is 0 Å². The molecule has 0 spiro atoms. The highest BCUT2D eigenvalue weighted by Crippen LogP contribution is 2.21. The molecule has 0 aliphatic rings. The lowest BCUT2D eigenvalue weighted by atomic mass is 10.1. The number of hydrogen-bond acceptors (Lipinski definition) is 2. The molecule has 2 nitrogen and oxygen atoms in total. The van der Waals surface area contributed by atoms with Crippen LogP contribution in [-0.2, 0) is 11.1 Å². The molecule has 2 atom stereocenters. The van der Waals surface area contributed by atoms with Crippen molar-refractivity contribution in [3.63, 3.8) is 0 Å². The zero-order valence-corrected chi connectivity index (χ0v) is 7.71. The van der Waals surface area contributed by atoms with E-state index >= 15 is 0 Å². The highest BCUT2D eigenvalue weighted by Gasteiger charge is 2.07. The minimum absolute atomic E-state index is 0.355. The van der Waals surface area contributed by atoms with Gasteiger partial charge >= 0.3 is 0 Å². The minimum Gasteiger partial charge on any atom is -0.772 e. The van der Waals surface area contributed by atoms with Gasteiger partial charge in [-0.05, 0) is 23.1 Å². The molecule has 3 heteroatoms. The Labute approximate surface area is 74.9 Å². The van der Waals surface area contributed by atoms with Crippen molar-refractivity contribution in [1.29, 1.82) is 0 Å². The van der Waals surface area contributed by atoms with E-state index in [0.717, 1.165) is 5.56 Å². The third-order valence-electron chi connectivity index (χ3n) is 1.77. The number of hydrogen-bond donors (Lipinski definition) is 0. The SMILES string of the molecule is CCC(c1ccccc1)S(=O)[O-]. The Morgan fingerprint density at radius 2 is 2.00 bits per heavy atom. The summed E-state index contributed by atoms with van der Waals surface area (Å²) in [5, 5.41) is -0.355. The molecule has 0 bridgehead atoms. The number of benzene rings is 1. The lowest BCUT2D eigenvalue weighted by molar-refractivity contribution is 0.521. The van der Waals surface area contributed by atoms with Crippen LogP contribution in [0, 0.1) is 0 Å². The van der Waals surface area contributed by atoms with Crippen molar-refractivity contribution in [2.24, 2.45) is 0 Å². The van der Waals surface area contributed by atoms with E-state index in [-0.39, 0.29) is 5.25 Å². The topological polar surface area (TPSA) is 40.1 Å². The lowest BCUT2D eigenvalue weighted by Gasteiger charge is -2.17. The summed E-state index contributed by atoms with van der Waals surface area (Å²) in [6.45, 7) is 1.87. The van der Waals surface area contributed by atoms with Gasteiger partial charge in [0.25, 0.3) is 0 Å². The molecule has 0 N–H and O–H groups in total. The average Bonchev–Trinajstić information content (AvgIpc) is 2.07. The van der Waals surface area contributed by atoms with E-state index in [4.69, 9.17) is 0 Å². The van der Waals surface area contributed by atoms with Gasteiger partial charge < -0.3 is 4.55 Å². The third kappa shape index (κ3) is 2.16. The van der Waals surface area contributed by atoms with E-state index in [0.29, 0.717) is 6.42 Å². The Morgan fingerprint density at radius 3 is 2.42 bits per heavy atom. The third-order valence-corrected chi connectivity index (χ3v) is 2.84. The standard InChI is InChI=1S/C9H12O2S/c1-2-9(12(10)11)8-6-4-3-5-7-8/h3-7,9H,2H2,1H3,(H,10,11)/p-1. The summed E-state index contributed by atoms with van der Waals surface area (Å²) in [6.07, 6.45) is 0.625. The summed E-state index contributed by atoms with van der Waals surface area (Å²) >= 11 is -2.00. The first-order valence-electron chi connectivity index (χ1n) is 3.88. The van der Waals surface area contributed by atoms with Gasteiger partial charge in [0.2, 0.25) is 0 Å². The molecule has 0 saturated heterocycles. The first kappa shape index (κ1) is 9.42. The van der Waals surface area contributed by atoms with E-state index in [1.54, 1.807) is 0 Å². The van der Waals surface area contributed by atoms with Gasteiger partial charge in [-0.25, -0.2) is 0 Å². The maximum Gasteiger partial charge on any atom is 0.0462 e. The van der Waals surface area contributed by atoms with Crippen LogP contribution in [0.2, 0.25) is 0 Å². The van der Waals surface area contributed by atoms with E-state index in [2.05, 4.69) is 0 Å². The van der Waals surface area contributed by atoms with Crippen LogP contribution in [0.15, 0.2) is 30.3 Å². The van der Waals surface area contributed by atoms with Crippen molar-refractivity contribution in [2.75, 3.05) is 0 Å². The molecule has 0 amide bonds. The summed E-state index contributed by atoms with van der Waals surface area (Å²) < 4.78 is 21.5. The second-order valence-electron chi connectivity index (χ2n) is 2.57. The molecule has 0 saturated carbocycles. The zero-order chi connectivity index (χ0) is 8.97. The second kappa shape index (κ2) is 4.38. The second-order valence-corrected chi connectivity index (χ2v) is 3.66. The van der Waals surface area contributed by atoms with E-state index < -0.39 is 11.1 Å². The van der Waals surface area contributed by atoms with Gasteiger partial charge in [0.15, 0.2) is 0 Å². The minimum atomic E-state index is -2.00. The summed E-state index contributed by atoms with van der Waals surface area (Å²) in [5.74, 6) is 0. The first-order chi connectivity index (χ1) is 5.75. The molecule has 1 aromatic rings. The fourth-order valence-corrected chi connectivity index (χ4v) is 1.80. The molecule has 0 aliphatic heterocycles. The highest BCUT2D eigenvalue weighted by molar-refractivity contribution is 7.79. The Morgan fingerprint density at radius 1 is 1.42 bits per heavy atom. The van der Waals surface area contributed by atoms with Crippen LogP contribution < -0.4 is 0 Å². The average molecular weight is 183 g/mol. The van der Waals surface area contributed by atoms with E-state index in [9.17, 15) is 8.76 Å². The summed E-state index contributed by atoms with van der Waals surface area (Å²) in [7, 11) is 0. The van der Waals surface area contributed by atoms with Gasteiger partial charge in [0, 0.05) is 5.25 Å². The predicted molar refractivity (Wildman–Crippen MR) is 48.4 cm³/mol. The molecular formula is C9H11O2S-. The molecule has 0 aliphatic carbocycles. The Balaban J connectivity index is 2.88. The summed E-state index contributed by atoms with van der Waals surface area (Å²) in [6, 6.07) is 9.26. The van der Waals surface area contributed by atoms with E-state index in [1.807, 2.05) is 37.3 Å². The molecule has 1 aromatic carbocycles. The van der Waals surface area contributed by atoms with Crippen molar-refractivity contribution in [2.45, 2.75) is 18.6 Å². The van der Waals surface area contributed by atoms with Gasteiger partial charge in [-0.15, -0.1) is 0 Å². The van der Waals surface area contributed by atoms with Gasteiger partial charge in [-0.1, -0.05) is 37.3 Å². The van der Waals surface area contributed by atoms with Crippen LogP contribution in [-0.4, -0.2) is 8.76 Å². The fourth-order valence-electron chi connectivity index (χ4n) is 1.15. The van der Waals surface area contributed by atoms with Crippen molar-refractivity contribution >= 4 is 11.1 Å². The molecule has 66 valence electrons. The summed E-state index contributed by atoms with van der Waals surface area (Å²) in [5.41, 5.74) is 0.869. The quantitative estimate of drug-likeness (QED) is 0.672. The smallest absolute Gasteiger partial charge is 0.0462 e. The molecule has 2 unspecified atom stereocenters. The zero-order valence-electron chi connectivity index (χ0n) is 6.90. The molecule has 0 radical (unpaired) electrons. The normalized spacial score (nSPS) is 15.5. The maximum atomic E-state index is 10.7. The Hall–Kier alpha value is -0.670. The molecule has 0 fully saturated rings. The molecule has 0 aromatic heterocycles. The van der Waals surface area contributed by atoms with Crippen LogP contribution in [0.3, 0.4) is 0 Å². The Kier molecular flexibility index (Phi) is 3.44. The molecular weight excluding hydrogens is 172 g/mol. The lowest BCUT2D eigenvalue weighted by Crippen LogP contribution is -2.03. The van der Waals surface area contributed by atoms with Crippen LogP contribution in [0.25, 0.3) is 0 Å². The van der Waals surface area contributed by atoms with Crippen molar-refractivity contribution in [3.8, 4) is 0 Å². The largest absolute Gasteiger partial charge is 0.772 e. The predicted octanol–water partition coefficient (Wildman–Crippen LogP) is 2.02. The van der Waals surface area contributed by atoms with Crippen molar-refractivity contribution in [1.82, 2.24) is 0 Å².